The molecule has 0 saturated heterocycles. The van der Waals surface area contributed by atoms with E-state index in [9.17, 15) is 9.59 Å². The Morgan fingerprint density at radius 1 is 0.920 bits per heavy atom. The third-order valence-corrected chi connectivity index (χ3v) is 4.18. The van der Waals surface area contributed by atoms with E-state index < -0.39 is 0 Å². The molecular weight excluding hydrogens is 316 g/mol. The molecule has 0 spiro atoms. The van der Waals surface area contributed by atoms with Crippen LogP contribution in [0.25, 0.3) is 0 Å². The summed E-state index contributed by atoms with van der Waals surface area (Å²) in [5.41, 5.74) is 2.31. The van der Waals surface area contributed by atoms with Crippen LogP contribution in [0.2, 0.25) is 0 Å². The molecule has 0 radical (unpaired) electrons. The first kappa shape index (κ1) is 20.8. The fourth-order valence-corrected chi connectivity index (χ4v) is 2.70. The molecule has 0 unspecified atom stereocenters. The number of anilines is 2. The van der Waals surface area contributed by atoms with Crippen molar-refractivity contribution in [2.75, 3.05) is 23.7 Å². The molecular formula is C19H32N4O2. The Kier molecular flexibility index (Phi) is 7.74. The number of nitrogens with zero attached hydrogens (tertiary/aromatic N) is 2. The first-order valence-electron chi connectivity index (χ1n) is 8.97. The monoisotopic (exact) mass is 348 g/mol. The van der Waals surface area contributed by atoms with Crippen LogP contribution in [0, 0.1) is 6.92 Å². The molecule has 6 heteroatoms. The van der Waals surface area contributed by atoms with Gasteiger partial charge < -0.3 is 20.4 Å². The molecule has 0 saturated carbocycles. The third kappa shape index (κ3) is 5.66. The Morgan fingerprint density at radius 3 is 1.84 bits per heavy atom. The number of rotatable bonds is 6. The van der Waals surface area contributed by atoms with Crippen LogP contribution >= 0.6 is 0 Å². The van der Waals surface area contributed by atoms with Crippen molar-refractivity contribution in [3.05, 3.63) is 23.8 Å². The minimum atomic E-state index is -0.143. The normalized spacial score (nSPS) is 10.8. The van der Waals surface area contributed by atoms with Crippen molar-refractivity contribution >= 4 is 23.4 Å². The van der Waals surface area contributed by atoms with Gasteiger partial charge in [0.2, 0.25) is 0 Å². The largest absolute Gasteiger partial charge is 0.322 e. The summed E-state index contributed by atoms with van der Waals surface area (Å²) in [6, 6.07) is 5.50. The van der Waals surface area contributed by atoms with E-state index in [1.54, 1.807) is 15.9 Å². The molecule has 0 atom stereocenters. The molecule has 0 aliphatic rings. The lowest BCUT2D eigenvalue weighted by atomic mass is 10.2. The second-order valence-electron chi connectivity index (χ2n) is 6.65. The quantitative estimate of drug-likeness (QED) is 0.794. The van der Waals surface area contributed by atoms with E-state index in [0.717, 1.165) is 5.56 Å². The molecule has 0 aliphatic carbocycles. The van der Waals surface area contributed by atoms with Crippen LogP contribution in [-0.2, 0) is 0 Å². The molecule has 140 valence electrons. The number of hydrogen-bond donors (Lipinski definition) is 2. The van der Waals surface area contributed by atoms with Gasteiger partial charge in [0.1, 0.15) is 0 Å². The van der Waals surface area contributed by atoms with Crippen molar-refractivity contribution in [3.8, 4) is 0 Å². The fraction of sp³-hybridized carbons (Fsp3) is 0.579. The van der Waals surface area contributed by atoms with Gasteiger partial charge in [0.15, 0.2) is 0 Å². The van der Waals surface area contributed by atoms with Crippen LogP contribution in [0.15, 0.2) is 18.2 Å². The molecule has 1 aromatic carbocycles. The lowest BCUT2D eigenvalue weighted by molar-refractivity contribution is 0.200. The van der Waals surface area contributed by atoms with E-state index in [4.69, 9.17) is 0 Å². The highest BCUT2D eigenvalue weighted by Crippen LogP contribution is 2.21. The number of urea groups is 2. The van der Waals surface area contributed by atoms with Gasteiger partial charge in [-0.05, 0) is 66.2 Å². The van der Waals surface area contributed by atoms with Gasteiger partial charge in [-0.1, -0.05) is 6.07 Å². The summed E-state index contributed by atoms with van der Waals surface area (Å²) in [7, 11) is 0. The zero-order chi connectivity index (χ0) is 19.1. The van der Waals surface area contributed by atoms with Gasteiger partial charge in [-0.2, -0.15) is 0 Å². The molecule has 0 fully saturated rings. The molecule has 2 N–H and O–H groups in total. The molecule has 0 aromatic heterocycles. The fourth-order valence-electron chi connectivity index (χ4n) is 2.70. The van der Waals surface area contributed by atoms with Crippen molar-refractivity contribution < 1.29 is 9.59 Å². The average molecular weight is 348 g/mol. The van der Waals surface area contributed by atoms with Crippen LogP contribution in [0.3, 0.4) is 0 Å². The first-order valence-corrected chi connectivity index (χ1v) is 8.97. The highest BCUT2D eigenvalue weighted by atomic mass is 16.2. The maximum atomic E-state index is 12.4. The van der Waals surface area contributed by atoms with Crippen molar-refractivity contribution in [1.82, 2.24) is 9.80 Å². The van der Waals surface area contributed by atoms with E-state index in [1.165, 1.54) is 0 Å². The van der Waals surface area contributed by atoms with E-state index in [0.29, 0.717) is 24.5 Å². The highest BCUT2D eigenvalue weighted by molar-refractivity contribution is 5.93. The number of carbonyl (C=O) groups is 2. The summed E-state index contributed by atoms with van der Waals surface area (Å²) in [5, 5.41) is 5.85. The maximum absolute atomic E-state index is 12.4. The molecule has 0 aliphatic heterocycles. The van der Waals surface area contributed by atoms with E-state index in [2.05, 4.69) is 10.6 Å². The predicted octanol–water partition coefficient (Wildman–Crippen LogP) is 4.52. The Bertz CT molecular complexity index is 599. The van der Waals surface area contributed by atoms with E-state index >= 15 is 0 Å². The predicted molar refractivity (Wildman–Crippen MR) is 104 cm³/mol. The molecule has 0 heterocycles. The Labute approximate surface area is 151 Å². The van der Waals surface area contributed by atoms with Gasteiger partial charge in [-0.15, -0.1) is 0 Å². The van der Waals surface area contributed by atoms with Crippen molar-refractivity contribution in [2.45, 2.75) is 60.5 Å². The van der Waals surface area contributed by atoms with Crippen LogP contribution in [0.1, 0.15) is 47.1 Å². The average Bonchev–Trinajstić information content (AvgIpc) is 2.51. The molecule has 6 nitrogen and oxygen atoms in total. The Hall–Kier alpha value is -2.24. The molecule has 1 aromatic rings. The van der Waals surface area contributed by atoms with E-state index in [-0.39, 0.29) is 24.1 Å². The lowest BCUT2D eigenvalue weighted by Gasteiger charge is -2.26. The van der Waals surface area contributed by atoms with Crippen LogP contribution in [0.4, 0.5) is 21.0 Å². The Balaban J connectivity index is 2.93. The van der Waals surface area contributed by atoms with Crippen LogP contribution in [-0.4, -0.2) is 47.0 Å². The molecule has 4 amide bonds. The van der Waals surface area contributed by atoms with Gasteiger partial charge in [0, 0.05) is 36.5 Å². The number of amides is 4. The van der Waals surface area contributed by atoms with Gasteiger partial charge in [-0.3, -0.25) is 0 Å². The minimum absolute atomic E-state index is 0.123. The molecule has 1 rings (SSSR count). The topological polar surface area (TPSA) is 64.7 Å². The maximum Gasteiger partial charge on any atom is 0.322 e. The first-order chi connectivity index (χ1) is 11.7. The SMILES string of the molecule is CCN(C(=O)Nc1ccc(C)c(NC(=O)N(CC)C(C)C)c1)C(C)C. The zero-order valence-electron chi connectivity index (χ0n) is 16.5. The van der Waals surface area contributed by atoms with Gasteiger partial charge in [0.05, 0.1) is 0 Å². The van der Waals surface area contributed by atoms with Crippen LogP contribution in [0.5, 0.6) is 0 Å². The number of nitrogens with one attached hydrogen (secondary N) is 2. The highest BCUT2D eigenvalue weighted by Gasteiger charge is 2.17. The molecule has 25 heavy (non-hydrogen) atoms. The lowest BCUT2D eigenvalue weighted by Crippen LogP contribution is -2.40. The second-order valence-corrected chi connectivity index (χ2v) is 6.65. The third-order valence-electron chi connectivity index (χ3n) is 4.18. The van der Waals surface area contributed by atoms with Crippen molar-refractivity contribution in [1.29, 1.82) is 0 Å². The number of hydrogen-bond acceptors (Lipinski definition) is 2. The van der Waals surface area contributed by atoms with Crippen molar-refractivity contribution in [2.24, 2.45) is 0 Å². The number of aryl methyl sites for hydroxylation is 1. The summed E-state index contributed by atoms with van der Waals surface area (Å²) >= 11 is 0. The Morgan fingerprint density at radius 2 is 1.40 bits per heavy atom. The second kappa shape index (κ2) is 9.30. The minimum Gasteiger partial charge on any atom is -0.322 e. The summed E-state index contributed by atoms with van der Waals surface area (Å²) in [4.78, 5) is 28.3. The standard InChI is InChI=1S/C19H32N4O2/c1-8-22(13(3)4)18(24)20-16-11-10-15(7)17(12-16)21-19(25)23(9-2)14(5)6/h10-14H,8-9H2,1-7H3,(H,20,24)(H,21,25). The number of carbonyl (C=O) groups excluding carboxylic acids is 2. The van der Waals surface area contributed by atoms with Crippen molar-refractivity contribution in [3.63, 3.8) is 0 Å². The summed E-state index contributed by atoms with van der Waals surface area (Å²) in [6.45, 7) is 15.0. The van der Waals surface area contributed by atoms with Gasteiger partial charge >= 0.3 is 12.1 Å². The van der Waals surface area contributed by atoms with Gasteiger partial charge in [-0.25, -0.2) is 9.59 Å². The summed E-state index contributed by atoms with van der Waals surface area (Å²) in [5.74, 6) is 0. The van der Waals surface area contributed by atoms with E-state index in [1.807, 2.05) is 60.6 Å². The molecule has 0 bridgehead atoms. The van der Waals surface area contributed by atoms with Crippen LogP contribution < -0.4 is 10.6 Å². The summed E-state index contributed by atoms with van der Waals surface area (Å²) in [6.07, 6.45) is 0. The summed E-state index contributed by atoms with van der Waals surface area (Å²) < 4.78 is 0. The van der Waals surface area contributed by atoms with Gasteiger partial charge in [0.25, 0.3) is 0 Å². The zero-order valence-corrected chi connectivity index (χ0v) is 16.5. The number of benzene rings is 1. The smallest absolute Gasteiger partial charge is 0.322 e.